The molecular formula is C14H17NO3. The molecule has 0 bridgehead atoms. The minimum atomic E-state index is -0.763. The van der Waals surface area contributed by atoms with Gasteiger partial charge in [-0.3, -0.25) is 9.59 Å². The lowest BCUT2D eigenvalue weighted by Crippen LogP contribution is -2.27. The molecule has 0 aliphatic heterocycles. The maximum Gasteiger partial charge on any atom is 0.306 e. The molecule has 1 aliphatic rings. The summed E-state index contributed by atoms with van der Waals surface area (Å²) in [6.07, 6.45) is 0.669. The van der Waals surface area contributed by atoms with E-state index < -0.39 is 5.97 Å². The van der Waals surface area contributed by atoms with Crippen molar-refractivity contribution in [2.45, 2.75) is 20.3 Å². The lowest BCUT2D eigenvalue weighted by molar-refractivity contribution is -0.138. The van der Waals surface area contributed by atoms with Gasteiger partial charge in [-0.1, -0.05) is 17.7 Å². The Labute approximate surface area is 106 Å². The van der Waals surface area contributed by atoms with Crippen molar-refractivity contribution in [1.82, 2.24) is 5.32 Å². The third kappa shape index (κ3) is 2.70. The largest absolute Gasteiger partial charge is 0.481 e. The topological polar surface area (TPSA) is 66.4 Å². The van der Waals surface area contributed by atoms with Crippen molar-refractivity contribution in [1.29, 1.82) is 0 Å². The zero-order valence-electron chi connectivity index (χ0n) is 10.6. The molecule has 0 aromatic heterocycles. The van der Waals surface area contributed by atoms with Gasteiger partial charge >= 0.3 is 5.97 Å². The first kappa shape index (κ1) is 12.6. The van der Waals surface area contributed by atoms with Crippen LogP contribution in [0.2, 0.25) is 0 Å². The molecule has 0 saturated heterocycles. The van der Waals surface area contributed by atoms with Crippen LogP contribution >= 0.6 is 0 Å². The maximum absolute atomic E-state index is 12.0. The number of nitrogens with one attached hydrogen (secondary N) is 1. The molecule has 0 spiro atoms. The molecular weight excluding hydrogens is 230 g/mol. The van der Waals surface area contributed by atoms with Crippen LogP contribution in [0.3, 0.4) is 0 Å². The van der Waals surface area contributed by atoms with Crippen LogP contribution in [0.1, 0.15) is 27.9 Å². The highest BCUT2D eigenvalue weighted by atomic mass is 16.4. The average molecular weight is 247 g/mol. The molecule has 0 unspecified atom stereocenters. The van der Waals surface area contributed by atoms with Crippen LogP contribution in [-0.2, 0) is 4.79 Å². The molecule has 1 aliphatic carbocycles. The number of hydrogen-bond acceptors (Lipinski definition) is 2. The first-order valence-electron chi connectivity index (χ1n) is 6.07. The van der Waals surface area contributed by atoms with E-state index in [1.165, 1.54) is 0 Å². The monoisotopic (exact) mass is 247 g/mol. The molecule has 2 N–H and O–H groups in total. The van der Waals surface area contributed by atoms with Crippen molar-refractivity contribution in [3.8, 4) is 0 Å². The van der Waals surface area contributed by atoms with E-state index in [0.29, 0.717) is 18.5 Å². The lowest BCUT2D eigenvalue weighted by atomic mass is 10.1. The van der Waals surface area contributed by atoms with E-state index in [2.05, 4.69) is 5.32 Å². The first-order chi connectivity index (χ1) is 8.49. The Hall–Kier alpha value is -1.84. The molecule has 0 radical (unpaired) electrons. The molecule has 1 fully saturated rings. The summed E-state index contributed by atoms with van der Waals surface area (Å²) < 4.78 is 0. The van der Waals surface area contributed by atoms with E-state index in [4.69, 9.17) is 5.11 Å². The first-order valence-corrected chi connectivity index (χ1v) is 6.07. The number of carbonyl (C=O) groups is 2. The number of aryl methyl sites for hydroxylation is 2. The van der Waals surface area contributed by atoms with E-state index >= 15 is 0 Å². The number of benzene rings is 1. The van der Waals surface area contributed by atoms with Gasteiger partial charge in [0.15, 0.2) is 0 Å². The molecule has 1 saturated carbocycles. The second-order valence-electron chi connectivity index (χ2n) is 4.97. The van der Waals surface area contributed by atoms with E-state index in [9.17, 15) is 9.59 Å². The van der Waals surface area contributed by atoms with Crippen LogP contribution < -0.4 is 5.32 Å². The van der Waals surface area contributed by atoms with Gasteiger partial charge in [0.25, 0.3) is 5.91 Å². The van der Waals surface area contributed by atoms with E-state index in [0.717, 1.165) is 11.1 Å². The Morgan fingerprint density at radius 3 is 2.72 bits per heavy atom. The highest BCUT2D eigenvalue weighted by molar-refractivity contribution is 5.95. The summed E-state index contributed by atoms with van der Waals surface area (Å²) in [5.74, 6) is -1.06. The van der Waals surface area contributed by atoms with Crippen LogP contribution in [0.5, 0.6) is 0 Å². The molecule has 4 heteroatoms. The van der Waals surface area contributed by atoms with Gasteiger partial charge in [0.2, 0.25) is 0 Å². The van der Waals surface area contributed by atoms with Gasteiger partial charge in [-0.05, 0) is 37.8 Å². The number of carbonyl (C=O) groups excluding carboxylic acids is 1. The summed E-state index contributed by atoms with van der Waals surface area (Å²) in [6.45, 7) is 4.28. The number of hydrogen-bond donors (Lipinski definition) is 2. The van der Waals surface area contributed by atoms with Crippen molar-refractivity contribution in [3.63, 3.8) is 0 Å². The van der Waals surface area contributed by atoms with Crippen LogP contribution in [0.4, 0.5) is 0 Å². The normalized spacial score (nSPS) is 21.4. The fraction of sp³-hybridized carbons (Fsp3) is 0.429. The minimum absolute atomic E-state index is 0.0940. The zero-order valence-corrected chi connectivity index (χ0v) is 10.6. The highest BCUT2D eigenvalue weighted by Crippen LogP contribution is 2.37. The maximum atomic E-state index is 12.0. The van der Waals surface area contributed by atoms with Crippen molar-refractivity contribution < 1.29 is 14.7 Å². The van der Waals surface area contributed by atoms with Crippen molar-refractivity contribution >= 4 is 11.9 Å². The van der Waals surface area contributed by atoms with E-state index in [-0.39, 0.29) is 17.7 Å². The minimum Gasteiger partial charge on any atom is -0.481 e. The van der Waals surface area contributed by atoms with Crippen molar-refractivity contribution in [3.05, 3.63) is 34.9 Å². The SMILES string of the molecule is Cc1ccc(C)c(C(=O)NC[C@@H]2C[C@@H]2C(=O)O)c1. The summed E-state index contributed by atoms with van der Waals surface area (Å²) in [6, 6.07) is 5.74. The van der Waals surface area contributed by atoms with Crippen LogP contribution in [0.15, 0.2) is 18.2 Å². The second-order valence-corrected chi connectivity index (χ2v) is 4.97. The van der Waals surface area contributed by atoms with Gasteiger partial charge in [-0.25, -0.2) is 0 Å². The molecule has 1 aromatic carbocycles. The quantitative estimate of drug-likeness (QED) is 0.852. The molecule has 96 valence electrons. The van der Waals surface area contributed by atoms with Gasteiger partial charge < -0.3 is 10.4 Å². The summed E-state index contributed by atoms with van der Waals surface area (Å²) in [4.78, 5) is 22.6. The standard InChI is InChI=1S/C14H17NO3/c1-8-3-4-9(2)11(5-8)13(16)15-7-10-6-12(10)14(17)18/h3-5,10,12H,6-7H2,1-2H3,(H,15,16)(H,17,18)/t10-,12-/m0/s1. The zero-order chi connectivity index (χ0) is 13.3. The smallest absolute Gasteiger partial charge is 0.306 e. The van der Waals surface area contributed by atoms with Crippen molar-refractivity contribution in [2.75, 3.05) is 6.54 Å². The predicted octanol–water partition coefficient (Wildman–Crippen LogP) is 1.75. The molecule has 4 nitrogen and oxygen atoms in total. The predicted molar refractivity (Wildman–Crippen MR) is 67.5 cm³/mol. The average Bonchev–Trinajstić information content (AvgIpc) is 3.09. The van der Waals surface area contributed by atoms with Gasteiger partial charge in [0.1, 0.15) is 0 Å². The van der Waals surface area contributed by atoms with Gasteiger partial charge in [0.05, 0.1) is 5.92 Å². The summed E-state index contributed by atoms with van der Waals surface area (Å²) in [5, 5.41) is 11.6. The van der Waals surface area contributed by atoms with Gasteiger partial charge in [-0.15, -0.1) is 0 Å². The Morgan fingerprint density at radius 2 is 2.11 bits per heavy atom. The third-order valence-electron chi connectivity index (χ3n) is 3.40. The molecule has 1 aromatic rings. The summed E-state index contributed by atoms with van der Waals surface area (Å²) in [5.41, 5.74) is 2.65. The third-order valence-corrected chi connectivity index (χ3v) is 3.40. The fourth-order valence-electron chi connectivity index (χ4n) is 2.08. The Balaban J connectivity index is 1.92. The Bertz CT molecular complexity index is 496. The Kier molecular flexibility index (Phi) is 3.36. The number of carboxylic acid groups (broad SMARTS) is 1. The number of carboxylic acids is 1. The fourth-order valence-corrected chi connectivity index (χ4v) is 2.08. The molecule has 1 amide bonds. The van der Waals surface area contributed by atoms with Crippen LogP contribution in [-0.4, -0.2) is 23.5 Å². The van der Waals surface area contributed by atoms with Gasteiger partial charge in [0, 0.05) is 12.1 Å². The second kappa shape index (κ2) is 4.80. The number of rotatable bonds is 4. The number of aliphatic carboxylic acids is 1. The molecule has 2 rings (SSSR count). The summed E-state index contributed by atoms with van der Waals surface area (Å²) >= 11 is 0. The van der Waals surface area contributed by atoms with E-state index in [1.54, 1.807) is 0 Å². The molecule has 18 heavy (non-hydrogen) atoms. The van der Waals surface area contributed by atoms with Crippen molar-refractivity contribution in [2.24, 2.45) is 11.8 Å². The van der Waals surface area contributed by atoms with Crippen LogP contribution in [0.25, 0.3) is 0 Å². The van der Waals surface area contributed by atoms with Crippen LogP contribution in [0, 0.1) is 25.7 Å². The lowest BCUT2D eigenvalue weighted by Gasteiger charge is -2.08. The highest BCUT2D eigenvalue weighted by Gasteiger charge is 2.43. The molecule has 2 atom stereocenters. The Morgan fingerprint density at radius 1 is 1.39 bits per heavy atom. The van der Waals surface area contributed by atoms with Gasteiger partial charge in [-0.2, -0.15) is 0 Å². The number of amides is 1. The summed E-state index contributed by atoms with van der Waals surface area (Å²) in [7, 11) is 0. The molecule has 0 heterocycles. The van der Waals surface area contributed by atoms with E-state index in [1.807, 2.05) is 32.0 Å².